The molecule has 170 valence electrons. The first-order valence-electron chi connectivity index (χ1n) is 8.54. The normalized spacial score (nSPS) is 12.4. The molecule has 0 aliphatic heterocycles. The number of hydrogen-bond donors (Lipinski definition) is 0. The zero-order chi connectivity index (χ0) is 23.3. The highest BCUT2D eigenvalue weighted by molar-refractivity contribution is 6.32. The van der Waals surface area contributed by atoms with Crippen LogP contribution in [0.1, 0.15) is 12.6 Å². The summed E-state index contributed by atoms with van der Waals surface area (Å²) >= 11 is 5.73. The second-order valence-corrected chi connectivity index (χ2v) is 6.38. The summed E-state index contributed by atoms with van der Waals surface area (Å²) in [5, 5.41) is 14.0. The molecule has 0 fully saturated rings. The van der Waals surface area contributed by atoms with Crippen molar-refractivity contribution in [2.45, 2.75) is 19.2 Å². The van der Waals surface area contributed by atoms with Gasteiger partial charge < -0.3 is 18.9 Å². The van der Waals surface area contributed by atoms with E-state index in [4.69, 9.17) is 30.5 Å². The van der Waals surface area contributed by atoms with Crippen molar-refractivity contribution in [2.75, 3.05) is 20.3 Å². The molecule has 0 saturated carbocycles. The van der Waals surface area contributed by atoms with Gasteiger partial charge in [0.1, 0.15) is 17.4 Å². The first kappa shape index (κ1) is 24.2. The molecule has 14 heteroatoms. The molecular formula is C17H17ClF3N3O7. The van der Waals surface area contributed by atoms with Gasteiger partial charge in [-0.05, 0) is 13.0 Å². The van der Waals surface area contributed by atoms with E-state index in [1.807, 2.05) is 0 Å². The summed E-state index contributed by atoms with van der Waals surface area (Å²) in [6, 6.07) is 3.13. The number of ether oxygens (including phenoxy) is 4. The molecule has 0 bridgehead atoms. The Morgan fingerprint density at radius 3 is 2.58 bits per heavy atom. The van der Waals surface area contributed by atoms with Crippen molar-refractivity contribution in [2.24, 2.45) is 7.05 Å². The van der Waals surface area contributed by atoms with Crippen LogP contribution in [0.5, 0.6) is 17.4 Å². The molecule has 0 N–H and O–H groups in total. The average molecular weight is 468 g/mol. The molecule has 2 aromatic rings. The van der Waals surface area contributed by atoms with Crippen molar-refractivity contribution in [1.29, 1.82) is 0 Å². The van der Waals surface area contributed by atoms with Crippen molar-refractivity contribution in [3.63, 3.8) is 0 Å². The van der Waals surface area contributed by atoms with Crippen molar-refractivity contribution in [3.05, 3.63) is 39.0 Å². The van der Waals surface area contributed by atoms with Gasteiger partial charge in [0.25, 0.3) is 5.88 Å². The highest BCUT2D eigenvalue weighted by Crippen LogP contribution is 2.41. The largest absolute Gasteiger partial charge is 0.472 e. The van der Waals surface area contributed by atoms with Gasteiger partial charge in [0.15, 0.2) is 11.8 Å². The van der Waals surface area contributed by atoms with Crippen LogP contribution in [-0.4, -0.2) is 47.1 Å². The summed E-state index contributed by atoms with van der Waals surface area (Å²) in [7, 11) is 2.44. The van der Waals surface area contributed by atoms with Gasteiger partial charge in [-0.15, -0.1) is 5.10 Å². The van der Waals surface area contributed by atoms with Crippen LogP contribution < -0.4 is 9.47 Å². The summed E-state index contributed by atoms with van der Waals surface area (Å²) in [4.78, 5) is 22.4. The minimum Gasteiger partial charge on any atom is -0.472 e. The number of rotatable bonds is 9. The van der Waals surface area contributed by atoms with Crippen LogP contribution in [0.4, 0.5) is 18.9 Å². The van der Waals surface area contributed by atoms with E-state index in [1.54, 1.807) is 0 Å². The predicted molar refractivity (Wildman–Crippen MR) is 99.3 cm³/mol. The van der Waals surface area contributed by atoms with E-state index in [2.05, 4.69) is 5.10 Å². The Labute approximate surface area is 178 Å². The second kappa shape index (κ2) is 9.83. The fourth-order valence-electron chi connectivity index (χ4n) is 2.34. The molecule has 1 atom stereocenters. The number of carbonyl (C=O) groups is 1. The van der Waals surface area contributed by atoms with Crippen molar-refractivity contribution in [3.8, 4) is 17.4 Å². The smallest absolute Gasteiger partial charge is 0.434 e. The lowest BCUT2D eigenvalue weighted by Crippen LogP contribution is -2.27. The number of aryl methyl sites for hydroxylation is 1. The molecule has 0 unspecified atom stereocenters. The van der Waals surface area contributed by atoms with Gasteiger partial charge in [-0.25, -0.2) is 4.79 Å². The number of carbonyl (C=O) groups excluding carboxylic acids is 1. The standard InChI is InChI=1S/C17H17ClF3N3O7/c1-9(16(25)29-7-6-28-3)30-12-8-10(4-5-11(12)24(26)27)31-15-13(18)14(17(19,20)21)23(2)22-15/h4-5,8-9H,6-7H2,1-3H3/t9-/m0/s1. The lowest BCUT2D eigenvalue weighted by Gasteiger charge is -2.14. The van der Waals surface area contributed by atoms with E-state index < -0.39 is 45.5 Å². The number of nitro groups is 1. The number of halogens is 4. The lowest BCUT2D eigenvalue weighted by atomic mass is 10.2. The summed E-state index contributed by atoms with van der Waals surface area (Å²) in [6.07, 6.45) is -6.01. The van der Waals surface area contributed by atoms with Gasteiger partial charge in [0, 0.05) is 26.3 Å². The topological polar surface area (TPSA) is 115 Å². The number of benzene rings is 1. The summed E-state index contributed by atoms with van der Waals surface area (Å²) in [5.41, 5.74) is -1.73. The maximum absolute atomic E-state index is 13.1. The van der Waals surface area contributed by atoms with Gasteiger partial charge in [-0.3, -0.25) is 14.8 Å². The lowest BCUT2D eigenvalue weighted by molar-refractivity contribution is -0.386. The van der Waals surface area contributed by atoms with Crippen LogP contribution in [0.15, 0.2) is 18.2 Å². The maximum Gasteiger partial charge on any atom is 0.434 e. The molecule has 0 aliphatic carbocycles. The summed E-state index contributed by atoms with van der Waals surface area (Å²) in [5.74, 6) is -1.90. The van der Waals surface area contributed by atoms with E-state index in [0.29, 0.717) is 4.68 Å². The van der Waals surface area contributed by atoms with Crippen molar-refractivity contribution in [1.82, 2.24) is 9.78 Å². The highest BCUT2D eigenvalue weighted by Gasteiger charge is 2.39. The van der Waals surface area contributed by atoms with E-state index in [-0.39, 0.29) is 24.7 Å². The number of hydrogen-bond acceptors (Lipinski definition) is 8. The molecule has 31 heavy (non-hydrogen) atoms. The third-order valence-corrected chi connectivity index (χ3v) is 4.08. The minimum absolute atomic E-state index is 0.0476. The Morgan fingerprint density at radius 1 is 1.35 bits per heavy atom. The number of esters is 1. The van der Waals surface area contributed by atoms with Crippen LogP contribution in [-0.2, 0) is 27.5 Å². The fraction of sp³-hybridized carbons (Fsp3) is 0.412. The van der Waals surface area contributed by atoms with Gasteiger partial charge in [0.2, 0.25) is 5.75 Å². The summed E-state index contributed by atoms with van der Waals surface area (Å²) < 4.78 is 59.8. The Hall–Kier alpha value is -3.06. The van der Waals surface area contributed by atoms with Gasteiger partial charge in [-0.2, -0.15) is 13.2 Å². The number of nitrogens with zero attached hydrogens (tertiary/aromatic N) is 3. The molecule has 0 radical (unpaired) electrons. The van der Waals surface area contributed by atoms with Gasteiger partial charge in [0.05, 0.1) is 11.5 Å². The first-order chi connectivity index (χ1) is 14.5. The maximum atomic E-state index is 13.1. The molecule has 10 nitrogen and oxygen atoms in total. The number of alkyl halides is 3. The van der Waals surface area contributed by atoms with E-state index in [0.717, 1.165) is 25.2 Å². The number of methoxy groups -OCH3 is 1. The molecule has 1 heterocycles. The molecule has 0 spiro atoms. The van der Waals surface area contributed by atoms with E-state index in [9.17, 15) is 28.1 Å². The minimum atomic E-state index is -4.78. The van der Waals surface area contributed by atoms with Crippen LogP contribution in [0.25, 0.3) is 0 Å². The predicted octanol–water partition coefficient (Wildman–Crippen LogP) is 3.75. The molecule has 0 saturated heterocycles. The van der Waals surface area contributed by atoms with Crippen LogP contribution in [0.2, 0.25) is 5.02 Å². The molecule has 1 aromatic heterocycles. The first-order valence-corrected chi connectivity index (χ1v) is 8.91. The highest BCUT2D eigenvalue weighted by atomic mass is 35.5. The fourth-order valence-corrected chi connectivity index (χ4v) is 2.65. The third-order valence-electron chi connectivity index (χ3n) is 3.74. The zero-order valence-electron chi connectivity index (χ0n) is 16.4. The average Bonchev–Trinajstić information content (AvgIpc) is 2.94. The van der Waals surface area contributed by atoms with Gasteiger partial charge >= 0.3 is 17.8 Å². The number of nitro benzene ring substituents is 1. The summed E-state index contributed by atoms with van der Waals surface area (Å²) in [6.45, 7) is 1.40. The second-order valence-electron chi connectivity index (χ2n) is 6.00. The molecule has 0 amide bonds. The Bertz CT molecular complexity index is 965. The monoisotopic (exact) mass is 467 g/mol. The van der Waals surface area contributed by atoms with Crippen LogP contribution >= 0.6 is 11.6 Å². The van der Waals surface area contributed by atoms with Crippen molar-refractivity contribution >= 4 is 23.3 Å². The quantitative estimate of drug-likeness (QED) is 0.237. The molecular weight excluding hydrogens is 451 g/mol. The Kier molecular flexibility index (Phi) is 7.68. The molecule has 2 rings (SSSR count). The van der Waals surface area contributed by atoms with Crippen LogP contribution in [0, 0.1) is 10.1 Å². The SMILES string of the molecule is COCCOC(=O)[C@H](C)Oc1cc(Oc2nn(C)c(C(F)(F)F)c2Cl)ccc1[N+](=O)[O-]. The number of aromatic nitrogens is 2. The van der Waals surface area contributed by atoms with E-state index in [1.165, 1.54) is 14.0 Å². The molecule has 0 aliphatic rings. The zero-order valence-corrected chi connectivity index (χ0v) is 17.2. The Balaban J connectivity index is 2.28. The van der Waals surface area contributed by atoms with E-state index >= 15 is 0 Å². The van der Waals surface area contributed by atoms with Crippen LogP contribution in [0.3, 0.4) is 0 Å². The Morgan fingerprint density at radius 2 is 2.03 bits per heavy atom. The van der Waals surface area contributed by atoms with Gasteiger partial charge in [-0.1, -0.05) is 11.6 Å². The molecule has 1 aromatic carbocycles. The third kappa shape index (κ3) is 5.98. The van der Waals surface area contributed by atoms with Crippen molar-refractivity contribution < 1.29 is 41.8 Å².